The summed E-state index contributed by atoms with van der Waals surface area (Å²) in [6.07, 6.45) is 1.48. The van der Waals surface area contributed by atoms with Gasteiger partial charge in [-0.1, -0.05) is 23.7 Å². The third-order valence-electron chi connectivity index (χ3n) is 3.45. The molecular weight excluding hydrogens is 276 g/mol. The van der Waals surface area contributed by atoms with Crippen LogP contribution < -0.4 is 5.73 Å². The molecule has 20 heavy (non-hydrogen) atoms. The van der Waals surface area contributed by atoms with Crippen molar-refractivity contribution in [1.82, 2.24) is 14.7 Å². The average molecular weight is 293 g/mol. The minimum Gasteiger partial charge on any atom is -0.383 e. The van der Waals surface area contributed by atoms with Crippen LogP contribution in [-0.4, -0.2) is 27.6 Å². The van der Waals surface area contributed by atoms with Crippen LogP contribution in [0.2, 0.25) is 5.02 Å². The van der Waals surface area contributed by atoms with Crippen LogP contribution in [0, 0.1) is 0 Å². The standard InChI is InChI=1S/C14H17ClN4O/c1-9(10-5-4-6-11(15)7-10)18(2)14(20)12-8-17-19(3)13(12)16/h4-9H,16H2,1-3H3. The van der Waals surface area contributed by atoms with Crippen LogP contribution in [0.1, 0.15) is 28.9 Å². The van der Waals surface area contributed by atoms with Gasteiger partial charge >= 0.3 is 0 Å². The number of carbonyl (C=O) groups excluding carboxylic acids is 1. The molecule has 1 atom stereocenters. The van der Waals surface area contributed by atoms with E-state index < -0.39 is 0 Å². The molecule has 2 aromatic rings. The van der Waals surface area contributed by atoms with Crippen molar-refractivity contribution >= 4 is 23.3 Å². The van der Waals surface area contributed by atoms with E-state index in [1.54, 1.807) is 25.1 Å². The van der Waals surface area contributed by atoms with Gasteiger partial charge in [0.05, 0.1) is 12.2 Å². The molecule has 6 heteroatoms. The quantitative estimate of drug-likeness (QED) is 0.945. The Morgan fingerprint density at radius 1 is 1.50 bits per heavy atom. The van der Waals surface area contributed by atoms with Gasteiger partial charge in [0, 0.05) is 19.1 Å². The lowest BCUT2D eigenvalue weighted by atomic mass is 10.1. The Kier molecular flexibility index (Phi) is 3.99. The first-order valence-corrected chi connectivity index (χ1v) is 6.59. The largest absolute Gasteiger partial charge is 0.383 e. The molecule has 0 radical (unpaired) electrons. The van der Waals surface area contributed by atoms with Gasteiger partial charge in [0.15, 0.2) is 0 Å². The fraction of sp³-hybridized carbons (Fsp3) is 0.286. The summed E-state index contributed by atoms with van der Waals surface area (Å²) in [6.45, 7) is 1.94. The Morgan fingerprint density at radius 2 is 2.20 bits per heavy atom. The van der Waals surface area contributed by atoms with E-state index in [1.807, 2.05) is 25.1 Å². The van der Waals surface area contributed by atoms with Gasteiger partial charge in [-0.3, -0.25) is 9.48 Å². The van der Waals surface area contributed by atoms with Gasteiger partial charge in [-0.05, 0) is 24.6 Å². The zero-order valence-corrected chi connectivity index (χ0v) is 12.4. The zero-order chi connectivity index (χ0) is 14.9. The highest BCUT2D eigenvalue weighted by atomic mass is 35.5. The number of nitrogens with zero attached hydrogens (tertiary/aromatic N) is 3. The minimum absolute atomic E-state index is 0.110. The molecule has 0 aliphatic carbocycles. The van der Waals surface area contributed by atoms with Gasteiger partial charge in [-0.25, -0.2) is 0 Å². The molecule has 0 saturated heterocycles. The molecule has 0 spiro atoms. The molecule has 0 aliphatic rings. The van der Waals surface area contributed by atoms with E-state index in [2.05, 4.69) is 5.10 Å². The molecule has 1 heterocycles. The summed E-state index contributed by atoms with van der Waals surface area (Å²) in [6, 6.07) is 7.35. The first-order valence-electron chi connectivity index (χ1n) is 6.22. The lowest BCUT2D eigenvalue weighted by Crippen LogP contribution is -2.30. The lowest BCUT2D eigenvalue weighted by molar-refractivity contribution is 0.0743. The van der Waals surface area contributed by atoms with Crippen LogP contribution in [0.25, 0.3) is 0 Å². The van der Waals surface area contributed by atoms with Gasteiger partial charge in [0.25, 0.3) is 5.91 Å². The first kappa shape index (κ1) is 14.4. The zero-order valence-electron chi connectivity index (χ0n) is 11.7. The number of hydrogen-bond acceptors (Lipinski definition) is 3. The number of rotatable bonds is 3. The SMILES string of the molecule is CC(c1cccc(Cl)c1)N(C)C(=O)c1cnn(C)c1N. The molecule has 0 bridgehead atoms. The average Bonchev–Trinajstić information content (AvgIpc) is 2.76. The van der Waals surface area contributed by atoms with E-state index in [4.69, 9.17) is 17.3 Å². The Balaban J connectivity index is 2.24. The van der Waals surface area contributed by atoms with Crippen molar-refractivity contribution in [2.24, 2.45) is 7.05 Å². The molecular formula is C14H17ClN4O. The summed E-state index contributed by atoms with van der Waals surface area (Å²) < 4.78 is 1.48. The van der Waals surface area contributed by atoms with Crippen molar-refractivity contribution in [2.45, 2.75) is 13.0 Å². The second-order valence-electron chi connectivity index (χ2n) is 4.71. The Bertz CT molecular complexity index is 638. The third kappa shape index (κ3) is 2.63. The monoisotopic (exact) mass is 292 g/mol. The van der Waals surface area contributed by atoms with Crippen LogP contribution in [0.3, 0.4) is 0 Å². The van der Waals surface area contributed by atoms with Crippen molar-refractivity contribution in [3.05, 3.63) is 46.6 Å². The number of amides is 1. The van der Waals surface area contributed by atoms with Crippen LogP contribution in [-0.2, 0) is 7.05 Å². The van der Waals surface area contributed by atoms with Gasteiger partial charge < -0.3 is 10.6 Å². The number of hydrogen-bond donors (Lipinski definition) is 1. The Labute approximate surface area is 122 Å². The molecule has 106 valence electrons. The summed E-state index contributed by atoms with van der Waals surface area (Å²) in [5.41, 5.74) is 7.21. The van der Waals surface area contributed by atoms with Gasteiger partial charge in [-0.2, -0.15) is 5.10 Å². The summed E-state index contributed by atoms with van der Waals surface area (Å²) >= 11 is 5.98. The fourth-order valence-corrected chi connectivity index (χ4v) is 2.17. The Hall–Kier alpha value is -2.01. The van der Waals surface area contributed by atoms with Crippen molar-refractivity contribution in [3.8, 4) is 0 Å². The number of anilines is 1. The molecule has 0 saturated carbocycles. The number of carbonyl (C=O) groups is 1. The molecule has 1 aromatic heterocycles. The summed E-state index contributed by atoms with van der Waals surface area (Å²) in [5, 5.41) is 4.64. The van der Waals surface area contributed by atoms with E-state index in [-0.39, 0.29) is 11.9 Å². The Morgan fingerprint density at radius 3 is 2.75 bits per heavy atom. The summed E-state index contributed by atoms with van der Waals surface area (Å²) in [4.78, 5) is 14.1. The number of nitrogens with two attached hydrogens (primary N) is 1. The molecule has 0 aliphatic heterocycles. The number of benzene rings is 1. The first-order chi connectivity index (χ1) is 9.41. The van der Waals surface area contributed by atoms with Crippen molar-refractivity contribution in [1.29, 1.82) is 0 Å². The van der Waals surface area contributed by atoms with Crippen molar-refractivity contribution in [2.75, 3.05) is 12.8 Å². The van der Waals surface area contributed by atoms with Gasteiger partial charge in [-0.15, -0.1) is 0 Å². The summed E-state index contributed by atoms with van der Waals surface area (Å²) in [7, 11) is 3.44. The highest BCUT2D eigenvalue weighted by molar-refractivity contribution is 6.30. The van der Waals surface area contributed by atoms with E-state index in [0.29, 0.717) is 16.4 Å². The number of halogens is 1. The molecule has 1 aromatic carbocycles. The van der Waals surface area contributed by atoms with Gasteiger partial charge in [0.2, 0.25) is 0 Å². The number of aromatic nitrogens is 2. The predicted molar refractivity (Wildman–Crippen MR) is 79.6 cm³/mol. The lowest BCUT2D eigenvalue weighted by Gasteiger charge is -2.25. The number of nitrogen functional groups attached to an aromatic ring is 1. The van der Waals surface area contributed by atoms with E-state index in [0.717, 1.165) is 5.56 Å². The molecule has 1 unspecified atom stereocenters. The maximum absolute atomic E-state index is 12.4. The normalized spacial score (nSPS) is 12.2. The fourth-order valence-electron chi connectivity index (χ4n) is 1.97. The molecule has 2 rings (SSSR count). The van der Waals surface area contributed by atoms with E-state index in [9.17, 15) is 4.79 Å². The van der Waals surface area contributed by atoms with Crippen LogP contribution in [0.15, 0.2) is 30.5 Å². The maximum Gasteiger partial charge on any atom is 0.259 e. The predicted octanol–water partition coefficient (Wildman–Crippen LogP) is 2.49. The van der Waals surface area contributed by atoms with Crippen LogP contribution >= 0.6 is 11.6 Å². The van der Waals surface area contributed by atoms with Crippen LogP contribution in [0.4, 0.5) is 5.82 Å². The second kappa shape index (κ2) is 5.54. The van der Waals surface area contributed by atoms with E-state index in [1.165, 1.54) is 10.9 Å². The molecule has 5 nitrogen and oxygen atoms in total. The molecule has 1 amide bonds. The highest BCUT2D eigenvalue weighted by Gasteiger charge is 2.22. The number of aryl methyl sites for hydroxylation is 1. The smallest absolute Gasteiger partial charge is 0.259 e. The molecule has 0 fully saturated rings. The van der Waals surface area contributed by atoms with E-state index >= 15 is 0 Å². The third-order valence-corrected chi connectivity index (χ3v) is 3.68. The topological polar surface area (TPSA) is 64.2 Å². The minimum atomic E-state index is -0.164. The maximum atomic E-state index is 12.4. The van der Waals surface area contributed by atoms with Crippen molar-refractivity contribution in [3.63, 3.8) is 0 Å². The van der Waals surface area contributed by atoms with Crippen LogP contribution in [0.5, 0.6) is 0 Å². The second-order valence-corrected chi connectivity index (χ2v) is 5.15. The van der Waals surface area contributed by atoms with Gasteiger partial charge in [0.1, 0.15) is 11.4 Å². The highest BCUT2D eigenvalue weighted by Crippen LogP contribution is 2.24. The summed E-state index contributed by atoms with van der Waals surface area (Å²) in [5.74, 6) is 0.197. The van der Waals surface area contributed by atoms with Crippen molar-refractivity contribution < 1.29 is 4.79 Å². The molecule has 2 N–H and O–H groups in total.